The summed E-state index contributed by atoms with van der Waals surface area (Å²) in [5, 5.41) is 3.36. The molecule has 4 nitrogen and oxygen atoms in total. The monoisotopic (exact) mass is 358 g/mol. The summed E-state index contributed by atoms with van der Waals surface area (Å²) in [5.74, 6) is 1.58. The van der Waals surface area contributed by atoms with E-state index in [9.17, 15) is 4.79 Å². The number of amides is 1. The van der Waals surface area contributed by atoms with Gasteiger partial charge in [0.2, 0.25) is 5.91 Å². The van der Waals surface area contributed by atoms with Crippen molar-refractivity contribution in [3.05, 3.63) is 24.3 Å². The number of carbonyl (C=O) groups excluding carboxylic acids is 1. The molecule has 6 heteroatoms. The first kappa shape index (κ1) is 20.1. The van der Waals surface area contributed by atoms with Gasteiger partial charge in [0.05, 0.1) is 12.9 Å². The molecule has 0 aromatic heterocycles. The molecule has 1 saturated heterocycles. The van der Waals surface area contributed by atoms with E-state index in [0.29, 0.717) is 11.8 Å². The van der Waals surface area contributed by atoms with Crippen molar-refractivity contribution in [3.8, 4) is 5.75 Å². The second-order valence-corrected chi connectivity index (χ2v) is 6.58. The van der Waals surface area contributed by atoms with Gasteiger partial charge in [-0.1, -0.05) is 13.0 Å². The van der Waals surface area contributed by atoms with Crippen LogP contribution in [0.4, 0.5) is 0 Å². The van der Waals surface area contributed by atoms with Crippen LogP contribution in [-0.4, -0.2) is 49.3 Å². The average molecular weight is 359 g/mol. The van der Waals surface area contributed by atoms with Gasteiger partial charge in [-0.3, -0.25) is 4.79 Å². The Morgan fingerprint density at radius 2 is 2.13 bits per heavy atom. The number of benzene rings is 1. The molecular weight excluding hydrogens is 332 g/mol. The van der Waals surface area contributed by atoms with Crippen LogP contribution in [0.25, 0.3) is 0 Å². The summed E-state index contributed by atoms with van der Waals surface area (Å²) in [5.41, 5.74) is 0. The molecule has 0 bridgehead atoms. The number of ether oxygens (including phenoxy) is 1. The minimum absolute atomic E-state index is 0. The lowest BCUT2D eigenvalue weighted by Crippen LogP contribution is -2.47. The molecule has 130 valence electrons. The van der Waals surface area contributed by atoms with E-state index in [2.05, 4.69) is 17.1 Å². The lowest BCUT2D eigenvalue weighted by atomic mass is 10.0. The number of piperidine rings is 1. The van der Waals surface area contributed by atoms with Crippen LogP contribution < -0.4 is 10.1 Å². The molecule has 1 fully saturated rings. The highest BCUT2D eigenvalue weighted by atomic mass is 35.5. The molecule has 1 amide bonds. The number of methoxy groups -OCH3 is 1. The van der Waals surface area contributed by atoms with Crippen LogP contribution in [0.2, 0.25) is 0 Å². The summed E-state index contributed by atoms with van der Waals surface area (Å²) in [4.78, 5) is 15.8. The molecule has 0 spiro atoms. The van der Waals surface area contributed by atoms with E-state index in [4.69, 9.17) is 4.74 Å². The minimum atomic E-state index is 0. The van der Waals surface area contributed by atoms with Gasteiger partial charge in [-0.25, -0.2) is 0 Å². The molecule has 0 aliphatic carbocycles. The van der Waals surface area contributed by atoms with Crippen molar-refractivity contribution in [2.45, 2.75) is 37.1 Å². The van der Waals surface area contributed by atoms with Crippen LogP contribution in [-0.2, 0) is 4.79 Å². The van der Waals surface area contributed by atoms with E-state index >= 15 is 0 Å². The third-order valence-electron chi connectivity index (χ3n) is 3.94. The largest absolute Gasteiger partial charge is 0.497 e. The zero-order valence-electron chi connectivity index (χ0n) is 13.9. The Hall–Kier alpha value is -0.910. The van der Waals surface area contributed by atoms with Crippen molar-refractivity contribution in [3.63, 3.8) is 0 Å². The predicted octanol–water partition coefficient (Wildman–Crippen LogP) is 3.20. The van der Waals surface area contributed by atoms with Crippen LogP contribution in [0.15, 0.2) is 29.2 Å². The molecule has 1 aliphatic heterocycles. The number of hydrogen-bond donors (Lipinski definition) is 1. The summed E-state index contributed by atoms with van der Waals surface area (Å²) >= 11 is 1.59. The third-order valence-corrected chi connectivity index (χ3v) is 4.92. The number of halogens is 1. The molecule has 1 aliphatic rings. The standard InChI is InChI=1S/C17H26N2O2S.ClH/c1-3-11-19(14-7-9-18-10-8-14)17(20)13-22-16-6-4-5-15(12-16)21-2;/h4-6,12,14,18H,3,7-11,13H2,1-2H3;1H. The van der Waals surface area contributed by atoms with Crippen LogP contribution >= 0.6 is 24.2 Å². The molecule has 23 heavy (non-hydrogen) atoms. The SMILES string of the molecule is CCCN(C(=O)CSc1cccc(OC)c1)C1CCNCC1.Cl. The van der Waals surface area contributed by atoms with E-state index in [1.165, 1.54) is 0 Å². The maximum absolute atomic E-state index is 12.6. The summed E-state index contributed by atoms with van der Waals surface area (Å²) in [7, 11) is 1.66. The molecule has 1 aromatic rings. The summed E-state index contributed by atoms with van der Waals surface area (Å²) in [6.07, 6.45) is 3.14. The Morgan fingerprint density at radius 1 is 1.39 bits per heavy atom. The quantitative estimate of drug-likeness (QED) is 0.760. The zero-order valence-corrected chi connectivity index (χ0v) is 15.5. The van der Waals surface area contributed by atoms with Crippen molar-refractivity contribution in [2.75, 3.05) is 32.5 Å². The van der Waals surface area contributed by atoms with Gasteiger partial charge in [0, 0.05) is 17.5 Å². The van der Waals surface area contributed by atoms with E-state index < -0.39 is 0 Å². The zero-order chi connectivity index (χ0) is 15.8. The number of rotatable bonds is 7. The minimum Gasteiger partial charge on any atom is -0.497 e. The summed E-state index contributed by atoms with van der Waals surface area (Å²) in [6.45, 7) is 5.03. The number of thioether (sulfide) groups is 1. The van der Waals surface area contributed by atoms with Crippen molar-refractivity contribution in [2.24, 2.45) is 0 Å². The number of carbonyl (C=O) groups is 1. The highest BCUT2D eigenvalue weighted by molar-refractivity contribution is 8.00. The number of nitrogens with zero attached hydrogens (tertiary/aromatic N) is 1. The van der Waals surface area contributed by atoms with Gasteiger partial charge in [-0.15, -0.1) is 24.2 Å². The first-order valence-electron chi connectivity index (χ1n) is 8.01. The van der Waals surface area contributed by atoms with Crippen LogP contribution in [0.1, 0.15) is 26.2 Å². The topological polar surface area (TPSA) is 41.6 Å². The smallest absolute Gasteiger partial charge is 0.233 e. The van der Waals surface area contributed by atoms with Gasteiger partial charge in [-0.2, -0.15) is 0 Å². The Bertz CT molecular complexity index is 481. The molecule has 1 N–H and O–H groups in total. The van der Waals surface area contributed by atoms with E-state index in [1.54, 1.807) is 18.9 Å². The van der Waals surface area contributed by atoms with Gasteiger partial charge in [0.25, 0.3) is 0 Å². The van der Waals surface area contributed by atoms with Crippen molar-refractivity contribution in [1.82, 2.24) is 10.2 Å². The van der Waals surface area contributed by atoms with Gasteiger partial charge in [-0.05, 0) is 50.6 Å². The highest BCUT2D eigenvalue weighted by Gasteiger charge is 2.24. The Balaban J connectivity index is 0.00000264. The fraction of sp³-hybridized carbons (Fsp3) is 0.588. The molecule has 0 saturated carbocycles. The van der Waals surface area contributed by atoms with E-state index in [-0.39, 0.29) is 18.3 Å². The summed E-state index contributed by atoms with van der Waals surface area (Å²) < 4.78 is 5.23. The van der Waals surface area contributed by atoms with Crippen LogP contribution in [0.3, 0.4) is 0 Å². The van der Waals surface area contributed by atoms with E-state index in [0.717, 1.165) is 49.5 Å². The lowest BCUT2D eigenvalue weighted by Gasteiger charge is -2.34. The normalized spacial score (nSPS) is 14.9. The van der Waals surface area contributed by atoms with Gasteiger partial charge < -0.3 is 15.0 Å². The molecule has 0 atom stereocenters. The second-order valence-electron chi connectivity index (χ2n) is 5.54. The third kappa shape index (κ3) is 6.24. The molecule has 2 rings (SSSR count). The van der Waals surface area contributed by atoms with Crippen LogP contribution in [0, 0.1) is 0 Å². The first-order valence-corrected chi connectivity index (χ1v) is 9.00. The fourth-order valence-corrected chi connectivity index (χ4v) is 3.62. The summed E-state index contributed by atoms with van der Waals surface area (Å²) in [6, 6.07) is 8.29. The molecule has 1 aromatic carbocycles. The predicted molar refractivity (Wildman–Crippen MR) is 98.9 cm³/mol. The average Bonchev–Trinajstić information content (AvgIpc) is 2.58. The Labute approximate surface area is 149 Å². The van der Waals surface area contributed by atoms with Gasteiger partial charge >= 0.3 is 0 Å². The first-order chi connectivity index (χ1) is 10.7. The van der Waals surface area contributed by atoms with Gasteiger partial charge in [0.15, 0.2) is 0 Å². The molecule has 0 radical (unpaired) electrons. The maximum Gasteiger partial charge on any atom is 0.233 e. The van der Waals surface area contributed by atoms with E-state index in [1.807, 2.05) is 24.3 Å². The number of hydrogen-bond acceptors (Lipinski definition) is 4. The molecule has 1 heterocycles. The van der Waals surface area contributed by atoms with Crippen molar-refractivity contribution in [1.29, 1.82) is 0 Å². The Morgan fingerprint density at radius 3 is 2.78 bits per heavy atom. The van der Waals surface area contributed by atoms with Crippen molar-refractivity contribution < 1.29 is 9.53 Å². The maximum atomic E-state index is 12.6. The Kier molecular flexibility index (Phi) is 9.44. The highest BCUT2D eigenvalue weighted by Crippen LogP contribution is 2.24. The number of nitrogens with one attached hydrogen (secondary N) is 1. The lowest BCUT2D eigenvalue weighted by molar-refractivity contribution is -0.131. The molecular formula is C17H27ClN2O2S. The fourth-order valence-electron chi connectivity index (χ4n) is 2.79. The molecule has 0 unspecified atom stereocenters. The van der Waals surface area contributed by atoms with Crippen molar-refractivity contribution >= 4 is 30.1 Å². The van der Waals surface area contributed by atoms with Crippen LogP contribution in [0.5, 0.6) is 5.75 Å². The van der Waals surface area contributed by atoms with Gasteiger partial charge in [0.1, 0.15) is 5.75 Å². The second kappa shape index (κ2) is 10.8.